The van der Waals surface area contributed by atoms with Crippen LogP contribution in [0.3, 0.4) is 0 Å². The summed E-state index contributed by atoms with van der Waals surface area (Å²) in [4.78, 5) is 12.8. The Labute approximate surface area is 209 Å². The number of benzene rings is 2. The van der Waals surface area contributed by atoms with Gasteiger partial charge in [0.25, 0.3) is 0 Å². The van der Waals surface area contributed by atoms with Gasteiger partial charge < -0.3 is 5.32 Å². The summed E-state index contributed by atoms with van der Waals surface area (Å²) in [7, 11) is -3.52. The molecule has 1 saturated heterocycles. The molecule has 1 aliphatic rings. The molecule has 10 heteroatoms. The van der Waals surface area contributed by atoms with Gasteiger partial charge in [0.1, 0.15) is 0 Å². The number of hydrogen-bond donors (Lipinski definition) is 1. The van der Waals surface area contributed by atoms with E-state index in [0.29, 0.717) is 29.7 Å². The van der Waals surface area contributed by atoms with Crippen molar-refractivity contribution in [2.24, 2.45) is 5.92 Å². The molecule has 7 nitrogen and oxygen atoms in total. The van der Waals surface area contributed by atoms with Gasteiger partial charge in [0.05, 0.1) is 11.4 Å². The maximum Gasteiger partial charge on any atom is 0.243 e. The van der Waals surface area contributed by atoms with E-state index in [2.05, 4.69) is 47.6 Å². The van der Waals surface area contributed by atoms with E-state index >= 15 is 0 Å². The van der Waals surface area contributed by atoms with Crippen LogP contribution in [-0.4, -0.2) is 48.3 Å². The molecule has 1 N–H and O–H groups in total. The predicted molar refractivity (Wildman–Crippen MR) is 137 cm³/mol. The maximum absolute atomic E-state index is 12.9. The second-order valence-electron chi connectivity index (χ2n) is 8.54. The second kappa shape index (κ2) is 11.0. The Balaban J connectivity index is 1.29. The summed E-state index contributed by atoms with van der Waals surface area (Å²) >= 11 is 3.02. The number of Topliss-reactive ketones (excluding diaryl/α,β-unsaturated/α-hetero) is 1. The second-order valence-corrected chi connectivity index (χ2v) is 12.7. The number of rotatable bonds is 9. The average Bonchev–Trinajstić information content (AvgIpc) is 3.29. The summed E-state index contributed by atoms with van der Waals surface area (Å²) in [5, 5.41) is 11.9. The molecule has 1 fully saturated rings. The van der Waals surface area contributed by atoms with Crippen molar-refractivity contribution in [3.63, 3.8) is 0 Å². The molecule has 3 aromatic rings. The standard InChI is InChI=1S/C24H28N4O3S3/c1-17-10-12-28(13-11-17)34(30,31)21-8-6-20(7-9-21)22(29)15-25-23-26-27-24(33-23)32-16-19-5-3-4-18(2)14-19/h3-9,14,17H,10-13,15-16H2,1-2H3,(H,25,26). The van der Waals surface area contributed by atoms with E-state index < -0.39 is 10.0 Å². The van der Waals surface area contributed by atoms with Crippen LogP contribution in [0.2, 0.25) is 0 Å². The first-order valence-corrected chi connectivity index (χ1v) is 14.4. The molecule has 0 unspecified atom stereocenters. The van der Waals surface area contributed by atoms with Crippen LogP contribution in [0, 0.1) is 12.8 Å². The van der Waals surface area contributed by atoms with Gasteiger partial charge in [-0.15, -0.1) is 10.2 Å². The zero-order valence-corrected chi connectivity index (χ0v) is 21.7. The SMILES string of the molecule is Cc1cccc(CSc2nnc(NCC(=O)c3ccc(S(=O)(=O)N4CCC(C)CC4)cc3)s2)c1. The normalized spacial score (nSPS) is 15.4. The van der Waals surface area contributed by atoms with Crippen LogP contribution in [-0.2, 0) is 15.8 Å². The van der Waals surface area contributed by atoms with E-state index in [9.17, 15) is 13.2 Å². The number of piperidine rings is 1. The van der Waals surface area contributed by atoms with Crippen LogP contribution < -0.4 is 5.32 Å². The van der Waals surface area contributed by atoms with E-state index in [4.69, 9.17) is 0 Å². The molecule has 0 atom stereocenters. The zero-order valence-electron chi connectivity index (χ0n) is 19.2. The lowest BCUT2D eigenvalue weighted by atomic mass is 10.0. The molecule has 1 aliphatic heterocycles. The van der Waals surface area contributed by atoms with Gasteiger partial charge in [0.2, 0.25) is 15.2 Å². The van der Waals surface area contributed by atoms with Gasteiger partial charge in [-0.05, 0) is 55.5 Å². The minimum absolute atomic E-state index is 0.0628. The van der Waals surface area contributed by atoms with Crippen molar-refractivity contribution in [1.29, 1.82) is 0 Å². The number of carbonyl (C=O) groups excluding carboxylic acids is 1. The van der Waals surface area contributed by atoms with Gasteiger partial charge in [-0.1, -0.05) is 59.9 Å². The summed E-state index contributed by atoms with van der Waals surface area (Å²) in [5.74, 6) is 1.22. The molecule has 1 aromatic heterocycles. The van der Waals surface area contributed by atoms with Gasteiger partial charge >= 0.3 is 0 Å². The maximum atomic E-state index is 12.9. The first-order valence-electron chi connectivity index (χ1n) is 11.2. The lowest BCUT2D eigenvalue weighted by molar-refractivity contribution is 0.101. The number of aryl methyl sites for hydroxylation is 1. The summed E-state index contributed by atoms with van der Waals surface area (Å²) in [6.07, 6.45) is 1.75. The Morgan fingerprint density at radius 3 is 2.59 bits per heavy atom. The summed E-state index contributed by atoms with van der Waals surface area (Å²) < 4.78 is 28.1. The monoisotopic (exact) mass is 516 g/mol. The third-order valence-corrected chi connectivity index (χ3v) is 9.81. The number of nitrogens with one attached hydrogen (secondary N) is 1. The lowest BCUT2D eigenvalue weighted by Gasteiger charge is -2.29. The van der Waals surface area contributed by atoms with Crippen LogP contribution in [0.4, 0.5) is 5.13 Å². The van der Waals surface area contributed by atoms with Crippen molar-refractivity contribution in [2.45, 2.75) is 41.7 Å². The van der Waals surface area contributed by atoms with E-state index in [-0.39, 0.29) is 17.2 Å². The molecule has 2 aromatic carbocycles. The largest absolute Gasteiger partial charge is 0.353 e. The highest BCUT2D eigenvalue weighted by atomic mass is 32.2. The molecule has 0 spiro atoms. The Morgan fingerprint density at radius 2 is 1.88 bits per heavy atom. The topological polar surface area (TPSA) is 92.3 Å². The fraction of sp³-hybridized carbons (Fsp3) is 0.375. The quantitative estimate of drug-likeness (QED) is 0.321. The van der Waals surface area contributed by atoms with Crippen molar-refractivity contribution in [3.8, 4) is 0 Å². The van der Waals surface area contributed by atoms with Crippen molar-refractivity contribution < 1.29 is 13.2 Å². The minimum atomic E-state index is -3.52. The van der Waals surface area contributed by atoms with Gasteiger partial charge in [-0.3, -0.25) is 4.79 Å². The van der Waals surface area contributed by atoms with Gasteiger partial charge in [-0.25, -0.2) is 8.42 Å². The number of anilines is 1. The highest BCUT2D eigenvalue weighted by Crippen LogP contribution is 2.28. The smallest absolute Gasteiger partial charge is 0.243 e. The van der Waals surface area contributed by atoms with Crippen LogP contribution in [0.5, 0.6) is 0 Å². The number of ketones is 1. The van der Waals surface area contributed by atoms with E-state index in [1.54, 1.807) is 23.9 Å². The highest BCUT2D eigenvalue weighted by Gasteiger charge is 2.28. The fourth-order valence-corrected chi connectivity index (χ4v) is 6.89. The third kappa shape index (κ3) is 6.24. The number of thioether (sulfide) groups is 1. The molecule has 0 saturated carbocycles. The first-order chi connectivity index (χ1) is 16.3. The van der Waals surface area contributed by atoms with Crippen LogP contribution in [0.15, 0.2) is 57.8 Å². The third-order valence-electron chi connectivity index (χ3n) is 5.81. The molecule has 0 aliphatic carbocycles. The summed E-state index contributed by atoms with van der Waals surface area (Å²) in [6.45, 7) is 5.36. The van der Waals surface area contributed by atoms with Gasteiger partial charge in [0.15, 0.2) is 10.1 Å². The Kier molecular flexibility index (Phi) is 8.02. The molecule has 34 heavy (non-hydrogen) atoms. The molecule has 0 bridgehead atoms. The van der Waals surface area contributed by atoms with E-state index in [1.807, 2.05) is 6.07 Å². The molecule has 2 heterocycles. The van der Waals surface area contributed by atoms with Gasteiger partial charge in [-0.2, -0.15) is 4.31 Å². The predicted octanol–water partition coefficient (Wildman–Crippen LogP) is 4.85. The van der Waals surface area contributed by atoms with E-state index in [0.717, 1.165) is 22.9 Å². The van der Waals surface area contributed by atoms with Crippen molar-refractivity contribution in [3.05, 3.63) is 65.2 Å². The zero-order chi connectivity index (χ0) is 24.1. The number of sulfonamides is 1. The highest BCUT2D eigenvalue weighted by molar-refractivity contribution is 8.00. The number of nitrogens with zero attached hydrogens (tertiary/aromatic N) is 3. The van der Waals surface area contributed by atoms with Crippen molar-refractivity contribution >= 4 is 44.0 Å². The molecular weight excluding hydrogens is 488 g/mol. The molecule has 180 valence electrons. The summed E-state index contributed by atoms with van der Waals surface area (Å²) in [5.41, 5.74) is 2.91. The Morgan fingerprint density at radius 1 is 1.15 bits per heavy atom. The number of aromatic nitrogens is 2. The van der Waals surface area contributed by atoms with Crippen LogP contribution in [0.25, 0.3) is 0 Å². The Hall–Kier alpha value is -2.27. The Bertz CT molecular complexity index is 1230. The van der Waals surface area contributed by atoms with Crippen LogP contribution in [0.1, 0.15) is 41.3 Å². The number of carbonyl (C=O) groups is 1. The van der Waals surface area contributed by atoms with Crippen molar-refractivity contribution in [1.82, 2.24) is 14.5 Å². The fourth-order valence-electron chi connectivity index (χ4n) is 3.73. The van der Waals surface area contributed by atoms with Crippen molar-refractivity contribution in [2.75, 3.05) is 25.0 Å². The summed E-state index contributed by atoms with van der Waals surface area (Å²) in [6, 6.07) is 14.5. The average molecular weight is 517 g/mol. The van der Waals surface area contributed by atoms with E-state index in [1.165, 1.54) is 38.9 Å². The molecule has 0 amide bonds. The number of hydrogen-bond acceptors (Lipinski definition) is 8. The lowest BCUT2D eigenvalue weighted by Crippen LogP contribution is -2.37. The first kappa shape index (κ1) is 24.8. The molecule has 0 radical (unpaired) electrons. The van der Waals surface area contributed by atoms with Crippen LogP contribution >= 0.6 is 23.1 Å². The molecular formula is C24H28N4O3S3. The molecule has 4 rings (SSSR count). The van der Waals surface area contributed by atoms with Gasteiger partial charge in [0, 0.05) is 24.4 Å². The minimum Gasteiger partial charge on any atom is -0.353 e.